The molecule has 3 aromatic rings. The summed E-state index contributed by atoms with van der Waals surface area (Å²) in [4.78, 5) is 33.0. The number of nitrogens with one attached hydrogen (secondary N) is 2. The maximum atomic E-state index is 12.7. The first-order valence-corrected chi connectivity index (χ1v) is 10.8. The summed E-state index contributed by atoms with van der Waals surface area (Å²) >= 11 is 0. The van der Waals surface area contributed by atoms with Crippen LogP contribution >= 0.6 is 0 Å². The molecule has 2 N–H and O–H groups in total. The Morgan fingerprint density at radius 3 is 2.34 bits per heavy atom. The monoisotopic (exact) mass is 429 g/mol. The van der Waals surface area contributed by atoms with E-state index in [2.05, 4.69) is 32.7 Å². The third-order valence-corrected chi connectivity index (χ3v) is 5.50. The van der Waals surface area contributed by atoms with Gasteiger partial charge in [0.05, 0.1) is 0 Å². The topological polar surface area (TPSA) is 77.6 Å². The van der Waals surface area contributed by atoms with E-state index in [1.165, 1.54) is 5.69 Å². The van der Waals surface area contributed by atoms with Crippen molar-refractivity contribution in [3.8, 4) is 0 Å². The molecule has 1 aliphatic heterocycles. The van der Waals surface area contributed by atoms with E-state index in [-0.39, 0.29) is 11.9 Å². The van der Waals surface area contributed by atoms with Crippen LogP contribution in [-0.2, 0) is 6.54 Å². The largest absolute Gasteiger partial charge is 0.370 e. The molecule has 0 spiro atoms. The van der Waals surface area contributed by atoms with Crippen molar-refractivity contribution in [3.05, 3.63) is 90.3 Å². The Labute approximate surface area is 188 Å². The van der Waals surface area contributed by atoms with Gasteiger partial charge in [-0.25, -0.2) is 4.79 Å². The van der Waals surface area contributed by atoms with Gasteiger partial charge in [-0.3, -0.25) is 9.78 Å². The normalized spacial score (nSPS) is 13.9. The third-order valence-electron chi connectivity index (χ3n) is 5.50. The molecule has 2 aromatic carbocycles. The second-order valence-electron chi connectivity index (χ2n) is 7.71. The molecule has 1 aromatic heterocycles. The number of hydrogen-bond acceptors (Lipinski definition) is 4. The van der Waals surface area contributed by atoms with E-state index in [0.29, 0.717) is 24.3 Å². The van der Waals surface area contributed by atoms with Gasteiger partial charge in [0.2, 0.25) is 0 Å². The van der Waals surface area contributed by atoms with Crippen LogP contribution in [0.15, 0.2) is 79.1 Å². The molecule has 0 bridgehead atoms. The van der Waals surface area contributed by atoms with Gasteiger partial charge in [-0.2, -0.15) is 0 Å². The van der Waals surface area contributed by atoms with Gasteiger partial charge in [0.25, 0.3) is 5.91 Å². The minimum Gasteiger partial charge on any atom is -0.370 e. The number of pyridine rings is 1. The van der Waals surface area contributed by atoms with Crippen molar-refractivity contribution in [1.29, 1.82) is 0 Å². The van der Waals surface area contributed by atoms with Crippen molar-refractivity contribution in [3.63, 3.8) is 0 Å². The second kappa shape index (κ2) is 10.4. The highest BCUT2D eigenvalue weighted by molar-refractivity contribution is 6.04. The van der Waals surface area contributed by atoms with Gasteiger partial charge < -0.3 is 20.4 Å². The lowest BCUT2D eigenvalue weighted by atomic mass is 10.2. The fraction of sp³-hybridized carbons (Fsp3) is 0.240. The van der Waals surface area contributed by atoms with Crippen molar-refractivity contribution in [2.75, 3.05) is 36.4 Å². The number of carbonyl (C=O) groups excluding carboxylic acids is 2. The Bertz CT molecular complexity index is 1030. The van der Waals surface area contributed by atoms with Gasteiger partial charge in [0, 0.05) is 62.1 Å². The van der Waals surface area contributed by atoms with E-state index in [1.54, 1.807) is 24.5 Å². The van der Waals surface area contributed by atoms with Gasteiger partial charge in [-0.05, 0) is 48.4 Å². The third kappa shape index (κ3) is 5.63. The highest BCUT2D eigenvalue weighted by atomic mass is 16.2. The van der Waals surface area contributed by atoms with E-state index in [4.69, 9.17) is 0 Å². The van der Waals surface area contributed by atoms with Crippen molar-refractivity contribution in [2.24, 2.45) is 0 Å². The molecule has 0 saturated carbocycles. The lowest BCUT2D eigenvalue weighted by molar-refractivity contribution is 0.102. The lowest BCUT2D eigenvalue weighted by Crippen LogP contribution is -2.41. The molecule has 0 unspecified atom stereocenters. The highest BCUT2D eigenvalue weighted by Gasteiger charge is 2.19. The molecule has 32 heavy (non-hydrogen) atoms. The minimum atomic E-state index is -0.181. The summed E-state index contributed by atoms with van der Waals surface area (Å²) in [6.45, 7) is 3.65. The zero-order valence-electron chi connectivity index (χ0n) is 17.9. The fourth-order valence-electron chi connectivity index (χ4n) is 3.72. The minimum absolute atomic E-state index is 0.0463. The lowest BCUT2D eigenvalue weighted by Gasteiger charge is -2.24. The van der Waals surface area contributed by atoms with Gasteiger partial charge in [0.15, 0.2) is 0 Å². The number of anilines is 2. The molecule has 4 rings (SSSR count). The molecule has 7 heteroatoms. The second-order valence-corrected chi connectivity index (χ2v) is 7.71. The Morgan fingerprint density at radius 2 is 1.59 bits per heavy atom. The number of amides is 3. The van der Waals surface area contributed by atoms with Crippen molar-refractivity contribution < 1.29 is 9.59 Å². The number of hydrogen-bond donors (Lipinski definition) is 2. The van der Waals surface area contributed by atoms with Crippen molar-refractivity contribution in [1.82, 2.24) is 15.2 Å². The predicted molar refractivity (Wildman–Crippen MR) is 126 cm³/mol. The van der Waals surface area contributed by atoms with Crippen LogP contribution in [0.5, 0.6) is 0 Å². The van der Waals surface area contributed by atoms with E-state index < -0.39 is 0 Å². The Kier molecular flexibility index (Phi) is 6.97. The first-order valence-electron chi connectivity index (χ1n) is 10.8. The molecule has 0 aliphatic carbocycles. The van der Waals surface area contributed by atoms with Crippen LogP contribution in [-0.4, -0.2) is 48.0 Å². The van der Waals surface area contributed by atoms with Crippen molar-refractivity contribution in [2.45, 2.75) is 13.0 Å². The van der Waals surface area contributed by atoms with Crippen molar-refractivity contribution >= 4 is 23.3 Å². The standard InChI is InChI=1S/C25H27N5O2/c31-24(21-11-13-26-14-12-21)28-22-9-7-20(8-10-22)19-27-25(32)30-16-4-15-29(17-18-30)23-5-2-1-3-6-23/h1-3,5-14H,4,15-19H2,(H,27,32)(H,28,31). The number of benzene rings is 2. The summed E-state index contributed by atoms with van der Waals surface area (Å²) in [5, 5.41) is 5.87. The van der Waals surface area contributed by atoms with E-state index in [0.717, 1.165) is 31.6 Å². The molecule has 1 saturated heterocycles. The number of carbonyl (C=O) groups is 2. The van der Waals surface area contributed by atoms with Crippen LogP contribution in [0.25, 0.3) is 0 Å². The quantitative estimate of drug-likeness (QED) is 0.648. The molecular formula is C25H27N5O2. The average molecular weight is 430 g/mol. The predicted octanol–water partition coefficient (Wildman–Crippen LogP) is 3.76. The van der Waals surface area contributed by atoms with Gasteiger partial charge in [0.1, 0.15) is 0 Å². The summed E-state index contributed by atoms with van der Waals surface area (Å²) in [7, 11) is 0. The highest BCUT2D eigenvalue weighted by Crippen LogP contribution is 2.16. The number of rotatable bonds is 5. The molecule has 1 aliphatic rings. The Hall–Kier alpha value is -3.87. The molecule has 1 fully saturated rings. The molecule has 7 nitrogen and oxygen atoms in total. The van der Waals surface area contributed by atoms with Crippen LogP contribution in [0, 0.1) is 0 Å². The van der Waals surface area contributed by atoms with Crippen LogP contribution in [0.3, 0.4) is 0 Å². The maximum Gasteiger partial charge on any atom is 0.317 e. The summed E-state index contributed by atoms with van der Waals surface area (Å²) < 4.78 is 0. The van der Waals surface area contributed by atoms with Gasteiger partial charge >= 0.3 is 6.03 Å². The molecule has 0 radical (unpaired) electrons. The maximum absolute atomic E-state index is 12.7. The summed E-state index contributed by atoms with van der Waals surface area (Å²) in [6, 6.07) is 21.1. The van der Waals surface area contributed by atoms with Crippen LogP contribution in [0.4, 0.5) is 16.2 Å². The molecule has 2 heterocycles. The first kappa shape index (κ1) is 21.4. The van der Waals surface area contributed by atoms with Crippen LogP contribution in [0.2, 0.25) is 0 Å². The molecule has 0 atom stereocenters. The first-order chi connectivity index (χ1) is 15.7. The number of urea groups is 1. The number of para-hydroxylation sites is 1. The van der Waals surface area contributed by atoms with Crippen LogP contribution in [0.1, 0.15) is 22.3 Å². The number of aromatic nitrogens is 1. The van der Waals surface area contributed by atoms with Gasteiger partial charge in [-0.1, -0.05) is 30.3 Å². The molecular weight excluding hydrogens is 402 g/mol. The SMILES string of the molecule is O=C(Nc1ccc(CNC(=O)N2CCCN(c3ccccc3)CC2)cc1)c1ccncc1. The summed E-state index contributed by atoms with van der Waals surface area (Å²) in [6.07, 6.45) is 4.11. The van der Waals surface area contributed by atoms with Crippen LogP contribution < -0.4 is 15.5 Å². The average Bonchev–Trinajstić information content (AvgIpc) is 3.11. The van der Waals surface area contributed by atoms with E-state index in [1.807, 2.05) is 47.4 Å². The zero-order chi connectivity index (χ0) is 22.2. The molecule has 3 amide bonds. The van der Waals surface area contributed by atoms with E-state index in [9.17, 15) is 9.59 Å². The van der Waals surface area contributed by atoms with E-state index >= 15 is 0 Å². The van der Waals surface area contributed by atoms with Gasteiger partial charge in [-0.15, -0.1) is 0 Å². The Balaban J connectivity index is 1.25. The zero-order valence-corrected chi connectivity index (χ0v) is 17.9. The smallest absolute Gasteiger partial charge is 0.317 e. The Morgan fingerprint density at radius 1 is 0.844 bits per heavy atom. The number of nitrogens with zero attached hydrogens (tertiary/aromatic N) is 3. The summed E-state index contributed by atoms with van der Waals surface area (Å²) in [5.41, 5.74) is 3.43. The molecule has 164 valence electrons. The summed E-state index contributed by atoms with van der Waals surface area (Å²) in [5.74, 6) is -0.181. The fourth-order valence-corrected chi connectivity index (χ4v) is 3.72.